The van der Waals surface area contributed by atoms with Crippen LogP contribution in [-0.4, -0.2) is 8.42 Å². The molecule has 0 unspecified atom stereocenters. The van der Waals surface area contributed by atoms with Crippen LogP contribution in [0.25, 0.3) is 22.3 Å². The fourth-order valence-electron chi connectivity index (χ4n) is 2.91. The number of primary sulfonamides is 1. The van der Waals surface area contributed by atoms with Gasteiger partial charge in [0, 0.05) is 5.56 Å². The van der Waals surface area contributed by atoms with Crippen LogP contribution < -0.4 is 5.14 Å². The summed E-state index contributed by atoms with van der Waals surface area (Å²) in [5, 5.41) is 5.23. The van der Waals surface area contributed by atoms with E-state index in [0.717, 1.165) is 0 Å². The second-order valence-electron chi connectivity index (χ2n) is 5.90. The van der Waals surface area contributed by atoms with Crippen molar-refractivity contribution < 1.29 is 30.4 Å². The number of halogens is 5. The molecule has 0 fully saturated rings. The van der Waals surface area contributed by atoms with E-state index >= 15 is 0 Å². The summed E-state index contributed by atoms with van der Waals surface area (Å²) in [4.78, 5) is -0.227. The van der Waals surface area contributed by atoms with Crippen molar-refractivity contribution in [2.75, 3.05) is 0 Å². The van der Waals surface area contributed by atoms with E-state index < -0.39 is 33.4 Å². The van der Waals surface area contributed by atoms with Gasteiger partial charge >= 0.3 is 6.18 Å². The van der Waals surface area contributed by atoms with E-state index in [9.17, 15) is 30.4 Å². The van der Waals surface area contributed by atoms with Crippen LogP contribution in [0.5, 0.6) is 0 Å². The number of sulfonamides is 1. The number of hydrogen-bond acceptors (Lipinski definition) is 2. The average molecular weight is 413 g/mol. The molecule has 0 radical (unpaired) electrons. The molecule has 0 saturated carbocycles. The molecule has 3 aromatic rings. The molecule has 2 N–H and O–H groups in total. The maximum Gasteiger partial charge on any atom is 0.422 e. The Hall–Kier alpha value is -2.78. The van der Waals surface area contributed by atoms with E-state index in [-0.39, 0.29) is 27.1 Å². The highest BCUT2D eigenvalue weighted by Crippen LogP contribution is 2.39. The molecular weight excluding hydrogens is 401 g/mol. The standard InChI is InChI=1S/C19H12F5NO2S/c20-15-9-11(10-16(21)18(15)19(22,23)24)12-5-1-2-6-13(12)14-7-3-4-8-17(14)28(25,26)27/h1-10H,(H2,25,26,27). The highest BCUT2D eigenvalue weighted by atomic mass is 32.2. The van der Waals surface area contributed by atoms with E-state index in [4.69, 9.17) is 5.14 Å². The third kappa shape index (κ3) is 3.76. The number of benzene rings is 3. The monoisotopic (exact) mass is 413 g/mol. The molecule has 0 saturated heterocycles. The minimum atomic E-state index is -5.19. The average Bonchev–Trinajstić information content (AvgIpc) is 2.59. The lowest BCUT2D eigenvalue weighted by Gasteiger charge is -2.15. The molecule has 0 aliphatic heterocycles. The first kappa shape index (κ1) is 20.0. The minimum Gasteiger partial charge on any atom is -0.225 e. The molecule has 0 aromatic heterocycles. The van der Waals surface area contributed by atoms with Gasteiger partial charge in [-0.05, 0) is 34.9 Å². The topological polar surface area (TPSA) is 60.2 Å². The second kappa shape index (κ2) is 6.99. The van der Waals surface area contributed by atoms with Crippen LogP contribution in [0.3, 0.4) is 0 Å². The van der Waals surface area contributed by atoms with Gasteiger partial charge in [-0.1, -0.05) is 42.5 Å². The summed E-state index contributed by atoms with van der Waals surface area (Å²) in [5.41, 5.74) is -1.63. The van der Waals surface area contributed by atoms with E-state index in [1.54, 1.807) is 6.07 Å². The summed E-state index contributed by atoms with van der Waals surface area (Å²) in [5.74, 6) is -3.53. The second-order valence-corrected chi connectivity index (χ2v) is 7.43. The fourth-order valence-corrected chi connectivity index (χ4v) is 3.66. The zero-order chi connectivity index (χ0) is 20.7. The summed E-state index contributed by atoms with van der Waals surface area (Å²) in [7, 11) is -4.12. The smallest absolute Gasteiger partial charge is 0.225 e. The SMILES string of the molecule is NS(=O)(=O)c1ccccc1-c1ccccc1-c1cc(F)c(C(F)(F)F)c(F)c1. The van der Waals surface area contributed by atoms with Crippen LogP contribution in [-0.2, 0) is 16.2 Å². The molecule has 3 nitrogen and oxygen atoms in total. The predicted molar refractivity (Wildman–Crippen MR) is 93.6 cm³/mol. The summed E-state index contributed by atoms with van der Waals surface area (Å²) >= 11 is 0. The first-order chi connectivity index (χ1) is 13.0. The van der Waals surface area contributed by atoms with Crippen molar-refractivity contribution >= 4 is 10.0 Å². The lowest BCUT2D eigenvalue weighted by atomic mass is 9.93. The molecule has 0 atom stereocenters. The Morgan fingerprint density at radius 3 is 1.71 bits per heavy atom. The Bertz CT molecular complexity index is 1130. The van der Waals surface area contributed by atoms with E-state index in [1.165, 1.54) is 42.5 Å². The van der Waals surface area contributed by atoms with Crippen LogP contribution >= 0.6 is 0 Å². The van der Waals surface area contributed by atoms with Crippen LogP contribution in [0.15, 0.2) is 65.6 Å². The quantitative estimate of drug-likeness (QED) is 0.617. The molecule has 146 valence electrons. The first-order valence-electron chi connectivity index (χ1n) is 7.78. The highest BCUT2D eigenvalue weighted by molar-refractivity contribution is 7.89. The van der Waals surface area contributed by atoms with Crippen molar-refractivity contribution in [1.82, 2.24) is 0 Å². The summed E-state index contributed by atoms with van der Waals surface area (Å²) in [6.07, 6.45) is -5.19. The van der Waals surface area contributed by atoms with E-state index in [1.807, 2.05) is 0 Å². The van der Waals surface area contributed by atoms with E-state index in [2.05, 4.69) is 0 Å². The Morgan fingerprint density at radius 2 is 1.21 bits per heavy atom. The van der Waals surface area contributed by atoms with Crippen LogP contribution in [0.4, 0.5) is 22.0 Å². The molecule has 3 rings (SSSR count). The van der Waals surface area contributed by atoms with Crippen molar-refractivity contribution in [3.8, 4) is 22.3 Å². The molecule has 9 heteroatoms. The van der Waals surface area contributed by atoms with Crippen molar-refractivity contribution in [1.29, 1.82) is 0 Å². The number of rotatable bonds is 3. The lowest BCUT2D eigenvalue weighted by Crippen LogP contribution is -2.13. The molecule has 0 heterocycles. The van der Waals surface area contributed by atoms with Crippen LogP contribution in [0, 0.1) is 11.6 Å². The Labute approximate surface area is 157 Å². The summed E-state index contributed by atoms with van der Waals surface area (Å²) in [6.45, 7) is 0. The van der Waals surface area contributed by atoms with Gasteiger partial charge in [-0.3, -0.25) is 0 Å². The van der Waals surface area contributed by atoms with Gasteiger partial charge in [0.2, 0.25) is 10.0 Å². The minimum absolute atomic E-state index is 0.144. The number of hydrogen-bond donors (Lipinski definition) is 1. The predicted octanol–water partition coefficient (Wildman–Crippen LogP) is 4.97. The number of nitrogens with two attached hydrogens (primary N) is 1. The fraction of sp³-hybridized carbons (Fsp3) is 0.0526. The molecule has 0 aliphatic carbocycles. The van der Waals surface area contributed by atoms with Gasteiger partial charge in [0.05, 0.1) is 4.90 Å². The molecule has 28 heavy (non-hydrogen) atoms. The Morgan fingerprint density at radius 1 is 0.750 bits per heavy atom. The first-order valence-corrected chi connectivity index (χ1v) is 9.32. The molecule has 3 aromatic carbocycles. The molecular formula is C19H12F5NO2S. The van der Waals surface area contributed by atoms with Gasteiger partial charge in [-0.2, -0.15) is 13.2 Å². The summed E-state index contributed by atoms with van der Waals surface area (Å²) in [6, 6.07) is 12.8. The van der Waals surface area contributed by atoms with Gasteiger partial charge in [0.25, 0.3) is 0 Å². The highest BCUT2D eigenvalue weighted by Gasteiger charge is 2.38. The van der Waals surface area contributed by atoms with Crippen molar-refractivity contribution in [3.05, 3.63) is 77.9 Å². The summed E-state index contributed by atoms with van der Waals surface area (Å²) < 4.78 is 90.2. The van der Waals surface area contributed by atoms with E-state index in [0.29, 0.717) is 12.1 Å². The molecule has 0 spiro atoms. The largest absolute Gasteiger partial charge is 0.422 e. The van der Waals surface area contributed by atoms with Crippen LogP contribution in [0.2, 0.25) is 0 Å². The van der Waals surface area contributed by atoms with Crippen molar-refractivity contribution in [3.63, 3.8) is 0 Å². The zero-order valence-corrected chi connectivity index (χ0v) is 14.8. The third-order valence-electron chi connectivity index (χ3n) is 4.05. The van der Waals surface area contributed by atoms with Gasteiger partial charge in [-0.15, -0.1) is 0 Å². The van der Waals surface area contributed by atoms with Gasteiger partial charge in [-0.25, -0.2) is 22.3 Å². The Kier molecular flexibility index (Phi) is 4.99. The number of alkyl halides is 3. The molecule has 0 amide bonds. The van der Waals surface area contributed by atoms with Crippen molar-refractivity contribution in [2.24, 2.45) is 5.14 Å². The normalized spacial score (nSPS) is 12.2. The van der Waals surface area contributed by atoms with Gasteiger partial charge in [0.15, 0.2) is 0 Å². The molecule has 0 bridgehead atoms. The zero-order valence-electron chi connectivity index (χ0n) is 14.0. The van der Waals surface area contributed by atoms with Crippen molar-refractivity contribution in [2.45, 2.75) is 11.1 Å². The third-order valence-corrected chi connectivity index (χ3v) is 5.02. The van der Waals surface area contributed by atoms with Crippen LogP contribution in [0.1, 0.15) is 5.56 Å². The Balaban J connectivity index is 2.27. The molecule has 0 aliphatic rings. The lowest BCUT2D eigenvalue weighted by molar-refractivity contribution is -0.142. The maximum absolute atomic E-state index is 14.0. The van der Waals surface area contributed by atoms with Gasteiger partial charge < -0.3 is 0 Å². The maximum atomic E-state index is 14.0. The van der Waals surface area contributed by atoms with Gasteiger partial charge in [0.1, 0.15) is 17.2 Å².